The van der Waals surface area contributed by atoms with Crippen LogP contribution < -0.4 is 0 Å². The summed E-state index contributed by atoms with van der Waals surface area (Å²) in [5.41, 5.74) is 0. The Balaban J connectivity index is 1.88. The van der Waals surface area contributed by atoms with Crippen molar-refractivity contribution >= 4 is 0 Å². The topological polar surface area (TPSA) is 27.7 Å². The molecule has 3 nitrogen and oxygen atoms in total. The van der Waals surface area contributed by atoms with Crippen molar-refractivity contribution in [2.75, 3.05) is 0 Å². The van der Waals surface area contributed by atoms with Gasteiger partial charge in [-0.3, -0.25) is 0 Å². The number of hydrogen-bond donors (Lipinski definition) is 0. The predicted octanol–water partition coefficient (Wildman–Crippen LogP) is 1.97. The maximum Gasteiger partial charge on any atom is 0.194 e. The van der Waals surface area contributed by atoms with Crippen LogP contribution in [0, 0.1) is 0 Å². The van der Waals surface area contributed by atoms with Gasteiger partial charge in [-0.15, -0.1) is 0 Å². The van der Waals surface area contributed by atoms with Crippen LogP contribution in [0.1, 0.15) is 38.5 Å². The molecule has 0 aromatic rings. The molecule has 0 amide bonds. The summed E-state index contributed by atoms with van der Waals surface area (Å²) in [4.78, 5) is 9.94. The summed E-state index contributed by atoms with van der Waals surface area (Å²) in [6, 6.07) is 0. The Bertz CT molecular complexity index is 113. The Kier molecular flexibility index (Phi) is 2.41. The smallest absolute Gasteiger partial charge is 0.194 e. The van der Waals surface area contributed by atoms with Crippen LogP contribution in [0.4, 0.5) is 0 Å². The maximum absolute atomic E-state index is 5.44. The van der Waals surface area contributed by atoms with E-state index in [4.69, 9.17) is 14.5 Å². The van der Waals surface area contributed by atoms with E-state index in [0.717, 1.165) is 12.8 Å². The lowest BCUT2D eigenvalue weighted by Crippen LogP contribution is -2.10. The fraction of sp³-hybridized carbons (Fsp3) is 1.00. The molecular formula is C8H14O3. The van der Waals surface area contributed by atoms with Crippen LogP contribution in [0.3, 0.4) is 0 Å². The van der Waals surface area contributed by atoms with E-state index in [1.165, 1.54) is 25.7 Å². The molecule has 0 N–H and O–H groups in total. The molecule has 2 fully saturated rings. The zero-order valence-electron chi connectivity index (χ0n) is 6.62. The molecule has 2 rings (SSSR count). The van der Waals surface area contributed by atoms with Crippen molar-refractivity contribution in [3.05, 3.63) is 0 Å². The summed E-state index contributed by atoms with van der Waals surface area (Å²) < 4.78 is 5.44. The first-order valence-electron chi connectivity index (χ1n) is 4.43. The average molecular weight is 158 g/mol. The van der Waals surface area contributed by atoms with Crippen LogP contribution in [-0.2, 0) is 14.5 Å². The number of hydrogen-bond acceptors (Lipinski definition) is 3. The molecule has 3 heteroatoms. The van der Waals surface area contributed by atoms with E-state index in [1.807, 2.05) is 0 Å². The number of ether oxygens (including phenoxy) is 1. The van der Waals surface area contributed by atoms with Crippen LogP contribution in [0.25, 0.3) is 0 Å². The summed E-state index contributed by atoms with van der Waals surface area (Å²) in [7, 11) is 0. The van der Waals surface area contributed by atoms with Crippen LogP contribution >= 0.6 is 0 Å². The minimum atomic E-state index is -0.0851. The molecule has 0 aromatic heterocycles. The molecule has 0 aliphatic carbocycles. The Labute approximate surface area is 66.6 Å². The third-order valence-corrected chi connectivity index (χ3v) is 2.20. The van der Waals surface area contributed by atoms with Crippen molar-refractivity contribution in [2.24, 2.45) is 0 Å². The number of rotatable bonds is 0. The van der Waals surface area contributed by atoms with E-state index in [9.17, 15) is 0 Å². The normalized spacial score (nSPS) is 39.3. The van der Waals surface area contributed by atoms with E-state index in [0.29, 0.717) is 0 Å². The monoisotopic (exact) mass is 158 g/mol. The van der Waals surface area contributed by atoms with Crippen LogP contribution in [-0.4, -0.2) is 12.6 Å². The Morgan fingerprint density at radius 2 is 1.27 bits per heavy atom. The van der Waals surface area contributed by atoms with E-state index < -0.39 is 0 Å². The van der Waals surface area contributed by atoms with Gasteiger partial charge < -0.3 is 4.74 Å². The van der Waals surface area contributed by atoms with E-state index >= 15 is 0 Å². The molecule has 2 aliphatic rings. The maximum atomic E-state index is 5.44. The first-order chi connectivity index (χ1) is 5.45. The molecule has 2 unspecified atom stereocenters. The van der Waals surface area contributed by atoms with Gasteiger partial charge in [-0.1, -0.05) is 12.8 Å². The fourth-order valence-corrected chi connectivity index (χ4v) is 1.55. The minimum Gasteiger partial charge on any atom is -0.318 e. The highest BCUT2D eigenvalue weighted by Gasteiger charge is 2.27. The highest BCUT2D eigenvalue weighted by atomic mass is 17.3. The summed E-state index contributed by atoms with van der Waals surface area (Å²) in [5, 5.41) is 0. The molecule has 64 valence electrons. The molecule has 11 heavy (non-hydrogen) atoms. The Morgan fingerprint density at radius 1 is 0.727 bits per heavy atom. The van der Waals surface area contributed by atoms with Gasteiger partial charge >= 0.3 is 0 Å². The second-order valence-corrected chi connectivity index (χ2v) is 3.18. The van der Waals surface area contributed by atoms with Crippen molar-refractivity contribution in [1.29, 1.82) is 0 Å². The van der Waals surface area contributed by atoms with Gasteiger partial charge in [0.05, 0.1) is 0 Å². The van der Waals surface area contributed by atoms with Gasteiger partial charge in [0.15, 0.2) is 12.6 Å². The molecule has 0 radical (unpaired) electrons. The second-order valence-electron chi connectivity index (χ2n) is 3.18. The van der Waals surface area contributed by atoms with Gasteiger partial charge in [0.1, 0.15) is 0 Å². The average Bonchev–Trinajstić information content (AvgIpc) is 2.49. The van der Waals surface area contributed by atoms with Gasteiger partial charge in [-0.2, -0.15) is 0 Å². The Morgan fingerprint density at radius 3 is 1.82 bits per heavy atom. The fourth-order valence-electron chi connectivity index (χ4n) is 1.55. The second kappa shape index (κ2) is 3.52. The minimum absolute atomic E-state index is 0.0851. The first kappa shape index (κ1) is 7.53. The van der Waals surface area contributed by atoms with Crippen LogP contribution in [0.15, 0.2) is 0 Å². The van der Waals surface area contributed by atoms with Crippen molar-refractivity contribution in [3.8, 4) is 0 Å². The molecule has 2 bridgehead atoms. The largest absolute Gasteiger partial charge is 0.318 e. The van der Waals surface area contributed by atoms with Crippen molar-refractivity contribution < 1.29 is 14.5 Å². The third kappa shape index (κ3) is 1.92. The summed E-state index contributed by atoms with van der Waals surface area (Å²) >= 11 is 0. The number of fused-ring (bicyclic) bond motifs is 2. The lowest BCUT2D eigenvalue weighted by Gasteiger charge is -2.03. The van der Waals surface area contributed by atoms with Crippen LogP contribution in [0.2, 0.25) is 0 Å². The predicted molar refractivity (Wildman–Crippen MR) is 38.5 cm³/mol. The summed E-state index contributed by atoms with van der Waals surface area (Å²) in [5.74, 6) is 0. The third-order valence-electron chi connectivity index (χ3n) is 2.20. The summed E-state index contributed by atoms with van der Waals surface area (Å²) in [6.07, 6.45) is 6.79. The lowest BCUT2D eigenvalue weighted by atomic mass is 10.1. The van der Waals surface area contributed by atoms with Crippen LogP contribution in [0.5, 0.6) is 0 Å². The molecular weight excluding hydrogens is 144 g/mol. The van der Waals surface area contributed by atoms with Crippen molar-refractivity contribution in [3.63, 3.8) is 0 Å². The van der Waals surface area contributed by atoms with E-state index in [1.54, 1.807) is 0 Å². The van der Waals surface area contributed by atoms with E-state index in [-0.39, 0.29) is 12.6 Å². The molecule has 2 heterocycles. The molecule has 2 aliphatic heterocycles. The molecule has 0 spiro atoms. The highest BCUT2D eigenvalue weighted by molar-refractivity contribution is 4.57. The van der Waals surface area contributed by atoms with Gasteiger partial charge in [0.25, 0.3) is 0 Å². The molecule has 2 atom stereocenters. The first-order valence-corrected chi connectivity index (χ1v) is 4.43. The Hall–Kier alpha value is -0.120. The lowest BCUT2D eigenvalue weighted by molar-refractivity contribution is -0.298. The quantitative estimate of drug-likeness (QED) is 0.504. The standard InChI is InChI=1S/C8H14O3/c1-2-4-6-8-9-7(5-3-1)10-11-8/h7-8H,1-6H2. The highest BCUT2D eigenvalue weighted by Crippen LogP contribution is 2.24. The molecule has 0 aromatic carbocycles. The molecule has 2 saturated heterocycles. The van der Waals surface area contributed by atoms with E-state index in [2.05, 4.69) is 0 Å². The van der Waals surface area contributed by atoms with Crippen molar-refractivity contribution in [2.45, 2.75) is 51.1 Å². The van der Waals surface area contributed by atoms with Gasteiger partial charge in [-0.25, -0.2) is 9.78 Å². The van der Waals surface area contributed by atoms with Gasteiger partial charge in [-0.05, 0) is 12.8 Å². The van der Waals surface area contributed by atoms with Crippen molar-refractivity contribution in [1.82, 2.24) is 0 Å². The zero-order chi connectivity index (χ0) is 7.52. The zero-order valence-corrected chi connectivity index (χ0v) is 6.62. The van der Waals surface area contributed by atoms with Gasteiger partial charge in [0, 0.05) is 12.8 Å². The summed E-state index contributed by atoms with van der Waals surface area (Å²) in [6.45, 7) is 0. The van der Waals surface area contributed by atoms with Gasteiger partial charge in [0.2, 0.25) is 0 Å². The molecule has 0 saturated carbocycles. The SMILES string of the molecule is C1CCCC2OOC(CC1)O2.